The number of carbonyl (C=O) groups excluding carboxylic acids is 1. The molecule has 0 amide bonds. The van der Waals surface area contributed by atoms with Crippen molar-refractivity contribution in [1.82, 2.24) is 0 Å². The number of hydrogen-bond donors (Lipinski definition) is 0. The van der Waals surface area contributed by atoms with Gasteiger partial charge < -0.3 is 9.47 Å². The molecule has 118 valence electrons. The monoisotopic (exact) mass is 329 g/mol. The minimum atomic E-state index is -1.14. The van der Waals surface area contributed by atoms with Crippen molar-refractivity contribution in [3.63, 3.8) is 0 Å². The second-order valence-corrected chi connectivity index (χ2v) is 5.89. The predicted octanol–water partition coefficient (Wildman–Crippen LogP) is 4.11. The van der Waals surface area contributed by atoms with Gasteiger partial charge in [0, 0.05) is 5.02 Å². The molecule has 0 aliphatic rings. The third-order valence-corrected chi connectivity index (χ3v) is 3.36. The van der Waals surface area contributed by atoms with Crippen LogP contribution >= 0.6 is 11.6 Å². The van der Waals surface area contributed by atoms with Gasteiger partial charge >= 0.3 is 5.97 Å². The number of benzene rings is 2. The molecule has 2 aromatic carbocycles. The van der Waals surface area contributed by atoms with E-state index in [0.29, 0.717) is 16.3 Å². The number of ether oxygens (including phenoxy) is 2. The highest BCUT2D eigenvalue weighted by Crippen LogP contribution is 2.22. The van der Waals surface area contributed by atoms with Crippen LogP contribution in [0.1, 0.15) is 25.0 Å². The second-order valence-electron chi connectivity index (χ2n) is 5.45. The van der Waals surface area contributed by atoms with Gasteiger partial charge in [0.2, 0.25) is 0 Å². The predicted molar refractivity (Wildman–Crippen MR) is 87.1 cm³/mol. The van der Waals surface area contributed by atoms with Gasteiger partial charge in [-0.05, 0) is 55.8 Å². The fraction of sp³-hybridized carbons (Fsp3) is 0.222. The van der Waals surface area contributed by atoms with Crippen LogP contribution < -0.4 is 4.74 Å². The van der Waals surface area contributed by atoms with Crippen LogP contribution in [0.15, 0.2) is 48.5 Å². The molecule has 0 aromatic heterocycles. The van der Waals surface area contributed by atoms with Crippen molar-refractivity contribution in [3.8, 4) is 11.8 Å². The third kappa shape index (κ3) is 4.73. The molecule has 4 nitrogen and oxygen atoms in total. The topological polar surface area (TPSA) is 59.3 Å². The Morgan fingerprint density at radius 1 is 1.22 bits per heavy atom. The average Bonchev–Trinajstić information content (AvgIpc) is 2.54. The van der Waals surface area contributed by atoms with Crippen molar-refractivity contribution < 1.29 is 14.3 Å². The Balaban J connectivity index is 1.98. The van der Waals surface area contributed by atoms with Crippen LogP contribution in [0.4, 0.5) is 0 Å². The van der Waals surface area contributed by atoms with E-state index in [0.717, 1.165) is 5.56 Å². The lowest BCUT2D eigenvalue weighted by molar-refractivity contribution is -0.160. The summed E-state index contributed by atoms with van der Waals surface area (Å²) in [4.78, 5) is 12.2. The van der Waals surface area contributed by atoms with Crippen molar-refractivity contribution in [2.75, 3.05) is 0 Å². The van der Waals surface area contributed by atoms with Gasteiger partial charge in [0.05, 0.1) is 11.6 Å². The maximum absolute atomic E-state index is 12.2. The Labute approximate surface area is 140 Å². The van der Waals surface area contributed by atoms with Gasteiger partial charge in [0.25, 0.3) is 0 Å². The molecule has 0 radical (unpaired) electrons. The summed E-state index contributed by atoms with van der Waals surface area (Å²) in [6.07, 6.45) is 0. The summed E-state index contributed by atoms with van der Waals surface area (Å²) in [5, 5.41) is 9.46. The highest BCUT2D eigenvalue weighted by Gasteiger charge is 2.31. The van der Waals surface area contributed by atoms with Gasteiger partial charge in [-0.15, -0.1) is 0 Å². The lowest BCUT2D eigenvalue weighted by Crippen LogP contribution is -2.39. The molecule has 0 aliphatic heterocycles. The molecule has 2 aromatic rings. The lowest BCUT2D eigenvalue weighted by Gasteiger charge is -2.24. The van der Waals surface area contributed by atoms with Crippen LogP contribution in [0, 0.1) is 11.3 Å². The first-order valence-corrected chi connectivity index (χ1v) is 7.39. The van der Waals surface area contributed by atoms with E-state index in [1.807, 2.05) is 6.07 Å². The van der Waals surface area contributed by atoms with Gasteiger partial charge in [0.1, 0.15) is 12.4 Å². The molecule has 0 saturated carbocycles. The van der Waals surface area contributed by atoms with E-state index in [-0.39, 0.29) is 6.61 Å². The number of rotatable bonds is 5. The first-order chi connectivity index (χ1) is 10.9. The summed E-state index contributed by atoms with van der Waals surface area (Å²) >= 11 is 5.82. The number of hydrogen-bond acceptors (Lipinski definition) is 4. The summed E-state index contributed by atoms with van der Waals surface area (Å²) in [5.74, 6) is 0.0395. The van der Waals surface area contributed by atoms with Gasteiger partial charge in [-0.1, -0.05) is 23.7 Å². The summed E-state index contributed by atoms with van der Waals surface area (Å²) in [6, 6.07) is 15.7. The van der Waals surface area contributed by atoms with Crippen molar-refractivity contribution in [2.24, 2.45) is 0 Å². The van der Waals surface area contributed by atoms with Crippen LogP contribution in [0.25, 0.3) is 0 Å². The fourth-order valence-corrected chi connectivity index (χ4v) is 2.02. The molecule has 0 bridgehead atoms. The van der Waals surface area contributed by atoms with Crippen LogP contribution in [-0.4, -0.2) is 11.6 Å². The van der Waals surface area contributed by atoms with Crippen molar-refractivity contribution >= 4 is 17.6 Å². The van der Waals surface area contributed by atoms with E-state index in [4.69, 9.17) is 26.3 Å². The minimum Gasteiger partial charge on any atom is -0.476 e. The highest BCUT2D eigenvalue weighted by molar-refractivity contribution is 6.30. The van der Waals surface area contributed by atoms with E-state index < -0.39 is 11.6 Å². The Kier molecular flexibility index (Phi) is 5.25. The van der Waals surface area contributed by atoms with Crippen molar-refractivity contribution in [3.05, 3.63) is 64.7 Å². The Bertz CT molecular complexity index is 733. The van der Waals surface area contributed by atoms with Crippen molar-refractivity contribution in [2.45, 2.75) is 26.1 Å². The van der Waals surface area contributed by atoms with Crippen molar-refractivity contribution in [1.29, 1.82) is 5.26 Å². The zero-order valence-electron chi connectivity index (χ0n) is 12.9. The molecule has 0 spiro atoms. The SMILES string of the molecule is CC(C)(Oc1ccc(Cl)cc1)C(=O)OCc1cccc(C#N)c1. The minimum absolute atomic E-state index is 0.0851. The molecular weight excluding hydrogens is 314 g/mol. The number of carbonyl (C=O) groups is 1. The summed E-state index contributed by atoms with van der Waals surface area (Å²) in [5.41, 5.74) is 0.135. The van der Waals surface area contributed by atoms with Crippen LogP contribution in [-0.2, 0) is 16.1 Å². The molecule has 0 saturated heterocycles. The standard InChI is InChI=1S/C18H16ClNO3/c1-18(2,23-16-8-6-15(19)7-9-16)17(21)22-12-14-5-3-4-13(10-14)11-20/h3-10H,12H2,1-2H3. The number of halogens is 1. The molecule has 2 rings (SSSR count). The normalized spacial score (nSPS) is 10.7. The van der Waals surface area contributed by atoms with Crippen LogP contribution in [0.3, 0.4) is 0 Å². The largest absolute Gasteiger partial charge is 0.476 e. The quantitative estimate of drug-likeness (QED) is 0.774. The molecule has 0 heterocycles. The van der Waals surface area contributed by atoms with E-state index in [1.165, 1.54) is 0 Å². The summed E-state index contributed by atoms with van der Waals surface area (Å²) in [7, 11) is 0. The summed E-state index contributed by atoms with van der Waals surface area (Å²) in [6.45, 7) is 3.35. The maximum atomic E-state index is 12.2. The first kappa shape index (κ1) is 16.9. The van der Waals surface area contributed by atoms with Crippen LogP contribution in [0.5, 0.6) is 5.75 Å². The van der Waals surface area contributed by atoms with Gasteiger partial charge in [0.15, 0.2) is 5.60 Å². The Morgan fingerprint density at radius 2 is 1.91 bits per heavy atom. The zero-order chi connectivity index (χ0) is 16.9. The van der Waals surface area contributed by atoms with Gasteiger partial charge in [-0.2, -0.15) is 5.26 Å². The van der Waals surface area contributed by atoms with E-state index in [9.17, 15) is 4.79 Å². The molecule has 5 heteroatoms. The lowest BCUT2D eigenvalue weighted by atomic mass is 10.1. The highest BCUT2D eigenvalue weighted by atomic mass is 35.5. The molecule has 0 atom stereocenters. The second kappa shape index (κ2) is 7.17. The maximum Gasteiger partial charge on any atom is 0.350 e. The Hall–Kier alpha value is -2.51. The molecule has 0 aliphatic carbocycles. The molecule has 0 fully saturated rings. The smallest absolute Gasteiger partial charge is 0.350 e. The first-order valence-electron chi connectivity index (χ1n) is 7.01. The van der Waals surface area contributed by atoms with Gasteiger partial charge in [-0.3, -0.25) is 0 Å². The van der Waals surface area contributed by atoms with E-state index in [1.54, 1.807) is 62.4 Å². The molecular formula is C18H16ClNO3. The number of nitriles is 1. The molecule has 0 N–H and O–H groups in total. The van der Waals surface area contributed by atoms with Crippen LogP contribution in [0.2, 0.25) is 5.02 Å². The number of esters is 1. The third-order valence-electron chi connectivity index (χ3n) is 3.10. The zero-order valence-corrected chi connectivity index (χ0v) is 13.6. The molecule has 23 heavy (non-hydrogen) atoms. The summed E-state index contributed by atoms with van der Waals surface area (Å²) < 4.78 is 11.0. The molecule has 0 unspecified atom stereocenters. The van der Waals surface area contributed by atoms with Gasteiger partial charge in [-0.25, -0.2) is 4.79 Å². The fourth-order valence-electron chi connectivity index (χ4n) is 1.89. The van der Waals surface area contributed by atoms with E-state index in [2.05, 4.69) is 0 Å². The Morgan fingerprint density at radius 3 is 2.57 bits per heavy atom. The van der Waals surface area contributed by atoms with E-state index >= 15 is 0 Å². The average molecular weight is 330 g/mol. The number of nitrogens with zero attached hydrogens (tertiary/aromatic N) is 1.